The molecule has 0 spiro atoms. The van der Waals surface area contributed by atoms with E-state index in [4.69, 9.17) is 0 Å². The van der Waals surface area contributed by atoms with Crippen LogP contribution in [0.3, 0.4) is 0 Å². The molecule has 0 atom stereocenters. The van der Waals surface area contributed by atoms with Gasteiger partial charge in [-0.25, -0.2) is 19.0 Å². The first kappa shape index (κ1) is 14.0. The average Bonchev–Trinajstić information content (AvgIpc) is 2.28. The lowest BCUT2D eigenvalue weighted by Crippen LogP contribution is -2.43. The Labute approximate surface area is 104 Å². The van der Waals surface area contributed by atoms with Crippen molar-refractivity contribution in [3.8, 4) is 0 Å². The van der Waals surface area contributed by atoms with Gasteiger partial charge in [-0.3, -0.25) is 9.97 Å². The lowest BCUT2D eigenvalue weighted by molar-refractivity contribution is 0.435. The third-order valence-electron chi connectivity index (χ3n) is 2.69. The Morgan fingerprint density at radius 2 is 1.56 bits per heavy atom. The standard InChI is InChI=1S/C12H17N3O3/c1-3-5-9(6-4-2)7-8-15-11(17)13-10(16)14-12(15)18/h3-4,9H,1-2,5-8H2,(H2,13,14,16,17,18). The number of hydrogen-bond donors (Lipinski definition) is 2. The molecule has 18 heavy (non-hydrogen) atoms. The van der Waals surface area contributed by atoms with Gasteiger partial charge in [-0.05, 0) is 25.2 Å². The molecule has 1 aromatic rings. The molecule has 1 aromatic heterocycles. The summed E-state index contributed by atoms with van der Waals surface area (Å²) in [5.41, 5.74) is -2.14. The topological polar surface area (TPSA) is 87.7 Å². The lowest BCUT2D eigenvalue weighted by atomic mass is 9.97. The van der Waals surface area contributed by atoms with Crippen LogP contribution in [0.2, 0.25) is 0 Å². The van der Waals surface area contributed by atoms with E-state index in [0.717, 1.165) is 17.4 Å². The van der Waals surface area contributed by atoms with Gasteiger partial charge in [-0.2, -0.15) is 0 Å². The van der Waals surface area contributed by atoms with Crippen LogP contribution in [0.5, 0.6) is 0 Å². The van der Waals surface area contributed by atoms with Crippen molar-refractivity contribution in [3.05, 3.63) is 56.8 Å². The van der Waals surface area contributed by atoms with Gasteiger partial charge in [0.05, 0.1) is 0 Å². The van der Waals surface area contributed by atoms with Crippen LogP contribution in [-0.2, 0) is 6.54 Å². The quantitative estimate of drug-likeness (QED) is 0.687. The fourth-order valence-corrected chi connectivity index (χ4v) is 1.77. The summed E-state index contributed by atoms with van der Waals surface area (Å²) in [4.78, 5) is 37.8. The van der Waals surface area contributed by atoms with Crippen molar-refractivity contribution in [1.82, 2.24) is 14.5 Å². The van der Waals surface area contributed by atoms with E-state index >= 15 is 0 Å². The van der Waals surface area contributed by atoms with Crippen molar-refractivity contribution in [1.29, 1.82) is 0 Å². The van der Waals surface area contributed by atoms with Gasteiger partial charge >= 0.3 is 17.1 Å². The molecular formula is C12H17N3O3. The first-order valence-electron chi connectivity index (χ1n) is 5.73. The van der Waals surface area contributed by atoms with E-state index < -0.39 is 17.1 Å². The van der Waals surface area contributed by atoms with Gasteiger partial charge in [0.15, 0.2) is 0 Å². The Bertz CT molecular complexity index is 535. The first-order valence-corrected chi connectivity index (χ1v) is 5.73. The maximum atomic E-state index is 11.4. The van der Waals surface area contributed by atoms with Gasteiger partial charge in [-0.1, -0.05) is 12.2 Å². The van der Waals surface area contributed by atoms with Crippen LogP contribution in [0.1, 0.15) is 19.3 Å². The monoisotopic (exact) mass is 251 g/mol. The summed E-state index contributed by atoms with van der Waals surface area (Å²) in [6.07, 6.45) is 5.83. The van der Waals surface area contributed by atoms with Crippen molar-refractivity contribution < 1.29 is 0 Å². The van der Waals surface area contributed by atoms with Crippen molar-refractivity contribution >= 4 is 0 Å². The van der Waals surface area contributed by atoms with E-state index in [9.17, 15) is 14.4 Å². The molecular weight excluding hydrogens is 234 g/mol. The summed E-state index contributed by atoms with van der Waals surface area (Å²) >= 11 is 0. The zero-order valence-electron chi connectivity index (χ0n) is 10.1. The maximum Gasteiger partial charge on any atom is 0.333 e. The van der Waals surface area contributed by atoms with E-state index in [-0.39, 0.29) is 6.54 Å². The summed E-state index contributed by atoms with van der Waals surface area (Å²) in [5, 5.41) is 0. The largest absolute Gasteiger partial charge is 0.333 e. The normalized spacial score (nSPS) is 10.5. The molecule has 0 fully saturated rings. The molecule has 0 saturated carbocycles. The predicted molar refractivity (Wildman–Crippen MR) is 69.7 cm³/mol. The van der Waals surface area contributed by atoms with Crippen molar-refractivity contribution in [2.45, 2.75) is 25.8 Å². The second-order valence-electron chi connectivity index (χ2n) is 4.04. The van der Waals surface area contributed by atoms with E-state index in [1.807, 2.05) is 9.97 Å². The molecule has 0 aromatic carbocycles. The second kappa shape index (κ2) is 6.58. The summed E-state index contributed by atoms with van der Waals surface area (Å²) < 4.78 is 0.987. The van der Waals surface area contributed by atoms with Crippen LogP contribution in [-0.4, -0.2) is 14.5 Å². The average molecular weight is 251 g/mol. The molecule has 0 bridgehead atoms. The minimum atomic E-state index is -0.782. The number of hydrogen-bond acceptors (Lipinski definition) is 3. The van der Waals surface area contributed by atoms with Gasteiger partial charge in [0, 0.05) is 6.54 Å². The molecule has 0 saturated heterocycles. The molecule has 0 aliphatic heterocycles. The summed E-state index contributed by atoms with van der Waals surface area (Å²) in [6.45, 7) is 7.59. The van der Waals surface area contributed by atoms with Crippen LogP contribution in [0.4, 0.5) is 0 Å². The Morgan fingerprint density at radius 3 is 2.00 bits per heavy atom. The molecule has 2 N–H and O–H groups in total. The van der Waals surface area contributed by atoms with Crippen LogP contribution in [0.25, 0.3) is 0 Å². The molecule has 1 heterocycles. The number of nitrogens with one attached hydrogen (secondary N) is 2. The first-order chi connectivity index (χ1) is 8.58. The Morgan fingerprint density at radius 1 is 1.06 bits per heavy atom. The zero-order chi connectivity index (χ0) is 13.5. The summed E-state index contributed by atoms with van der Waals surface area (Å²) in [5.74, 6) is 0.290. The molecule has 6 nitrogen and oxygen atoms in total. The minimum Gasteiger partial charge on any atom is -0.259 e. The minimum absolute atomic E-state index is 0.261. The lowest BCUT2D eigenvalue weighted by Gasteiger charge is -2.12. The van der Waals surface area contributed by atoms with E-state index in [1.165, 1.54) is 0 Å². The maximum absolute atomic E-state index is 11.4. The van der Waals surface area contributed by atoms with Crippen LogP contribution in [0, 0.1) is 5.92 Å². The van der Waals surface area contributed by atoms with Crippen LogP contribution >= 0.6 is 0 Å². The van der Waals surface area contributed by atoms with E-state index in [2.05, 4.69) is 13.2 Å². The third kappa shape index (κ3) is 3.73. The highest BCUT2D eigenvalue weighted by molar-refractivity contribution is 4.80. The van der Waals surface area contributed by atoms with Gasteiger partial charge in [0.1, 0.15) is 0 Å². The smallest absolute Gasteiger partial charge is 0.259 e. The van der Waals surface area contributed by atoms with Gasteiger partial charge < -0.3 is 0 Å². The molecule has 0 amide bonds. The van der Waals surface area contributed by atoms with Crippen LogP contribution < -0.4 is 17.1 Å². The number of rotatable bonds is 7. The number of aromatic nitrogens is 3. The van der Waals surface area contributed by atoms with E-state index in [0.29, 0.717) is 12.3 Å². The number of H-pyrrole nitrogens is 2. The third-order valence-corrected chi connectivity index (χ3v) is 2.69. The Hall–Kier alpha value is -2.11. The molecule has 6 heteroatoms. The molecule has 0 aliphatic rings. The molecule has 0 radical (unpaired) electrons. The fraction of sp³-hybridized carbons (Fsp3) is 0.417. The van der Waals surface area contributed by atoms with Crippen LogP contribution in [0.15, 0.2) is 39.7 Å². The van der Waals surface area contributed by atoms with Crippen molar-refractivity contribution in [2.24, 2.45) is 5.92 Å². The number of allylic oxidation sites excluding steroid dienone is 2. The second-order valence-corrected chi connectivity index (χ2v) is 4.04. The van der Waals surface area contributed by atoms with Gasteiger partial charge in [0.2, 0.25) is 0 Å². The molecule has 1 rings (SSSR count). The van der Waals surface area contributed by atoms with E-state index in [1.54, 1.807) is 12.2 Å². The Kier molecular flexibility index (Phi) is 5.10. The molecule has 98 valence electrons. The number of nitrogens with zero attached hydrogens (tertiary/aromatic N) is 1. The Balaban J connectivity index is 2.82. The highest BCUT2D eigenvalue weighted by Crippen LogP contribution is 2.14. The molecule has 0 unspecified atom stereocenters. The van der Waals surface area contributed by atoms with Gasteiger partial charge in [0.25, 0.3) is 0 Å². The zero-order valence-corrected chi connectivity index (χ0v) is 10.1. The van der Waals surface area contributed by atoms with Crippen molar-refractivity contribution in [3.63, 3.8) is 0 Å². The van der Waals surface area contributed by atoms with Gasteiger partial charge in [-0.15, -0.1) is 13.2 Å². The highest BCUT2D eigenvalue weighted by atomic mass is 16.2. The predicted octanol–water partition coefficient (Wildman–Crippen LogP) is 0.383. The fourth-order valence-electron chi connectivity index (χ4n) is 1.77. The van der Waals surface area contributed by atoms with Crippen molar-refractivity contribution in [2.75, 3.05) is 0 Å². The SMILES string of the molecule is C=CCC(CC=C)CCn1c(=O)[nH]c(=O)[nH]c1=O. The highest BCUT2D eigenvalue weighted by Gasteiger charge is 2.08. The molecule has 0 aliphatic carbocycles. The summed E-state index contributed by atoms with van der Waals surface area (Å²) in [6, 6.07) is 0. The number of aromatic amines is 2. The summed E-state index contributed by atoms with van der Waals surface area (Å²) in [7, 11) is 0.